The fraction of sp³-hybridized carbons (Fsp3) is 0.250. The first kappa shape index (κ1) is 13.9. The van der Waals surface area contributed by atoms with Crippen LogP contribution in [0.4, 0.5) is 0 Å². The molecule has 2 rings (SSSR count). The van der Waals surface area contributed by atoms with Gasteiger partial charge >= 0.3 is 0 Å². The molecule has 0 heterocycles. The number of ether oxygens (including phenoxy) is 1. The largest absolute Gasteiger partial charge is 0.489 e. The number of hydrogen-bond acceptors (Lipinski definition) is 2. The van der Waals surface area contributed by atoms with Gasteiger partial charge in [-0.3, -0.25) is 0 Å². The zero-order chi connectivity index (χ0) is 13.7. The zero-order valence-corrected chi connectivity index (χ0v) is 11.7. The lowest BCUT2D eigenvalue weighted by Gasteiger charge is -2.12. The van der Waals surface area contributed by atoms with Crippen molar-refractivity contribution in [2.24, 2.45) is 5.73 Å². The summed E-state index contributed by atoms with van der Waals surface area (Å²) in [6, 6.07) is 15.7. The van der Waals surface area contributed by atoms with E-state index < -0.39 is 0 Å². The lowest BCUT2D eigenvalue weighted by Crippen LogP contribution is -2.08. The molecule has 19 heavy (non-hydrogen) atoms. The molecular weight excluding hydrogens is 258 g/mol. The Hall–Kier alpha value is -1.51. The van der Waals surface area contributed by atoms with Gasteiger partial charge in [0.1, 0.15) is 12.4 Å². The van der Waals surface area contributed by atoms with E-state index in [1.807, 2.05) is 48.5 Å². The third-order valence-corrected chi connectivity index (χ3v) is 3.26. The second-order valence-corrected chi connectivity index (χ2v) is 4.94. The van der Waals surface area contributed by atoms with Crippen LogP contribution in [-0.2, 0) is 6.61 Å². The standard InChI is InChI=1S/C16H18ClNO/c1-2-16(18)13-6-4-8-15(10-13)19-11-12-5-3-7-14(17)9-12/h3-10,16H,2,11,18H2,1H3. The first-order valence-electron chi connectivity index (χ1n) is 6.42. The highest BCUT2D eigenvalue weighted by atomic mass is 35.5. The Balaban J connectivity index is 2.03. The molecule has 0 fully saturated rings. The summed E-state index contributed by atoms with van der Waals surface area (Å²) in [5, 5.41) is 0.725. The van der Waals surface area contributed by atoms with Gasteiger partial charge in [-0.2, -0.15) is 0 Å². The van der Waals surface area contributed by atoms with E-state index >= 15 is 0 Å². The molecule has 1 atom stereocenters. The van der Waals surface area contributed by atoms with Gasteiger partial charge in [-0.05, 0) is 41.8 Å². The maximum Gasteiger partial charge on any atom is 0.120 e. The Morgan fingerprint density at radius 1 is 1.16 bits per heavy atom. The molecule has 0 amide bonds. The van der Waals surface area contributed by atoms with Crippen molar-refractivity contribution < 1.29 is 4.74 Å². The van der Waals surface area contributed by atoms with Gasteiger partial charge in [0.05, 0.1) is 0 Å². The van der Waals surface area contributed by atoms with E-state index in [0.29, 0.717) is 6.61 Å². The molecule has 0 aliphatic carbocycles. The summed E-state index contributed by atoms with van der Waals surface area (Å²) >= 11 is 5.94. The van der Waals surface area contributed by atoms with Gasteiger partial charge in [-0.25, -0.2) is 0 Å². The van der Waals surface area contributed by atoms with Crippen molar-refractivity contribution in [3.05, 3.63) is 64.7 Å². The predicted molar refractivity (Wildman–Crippen MR) is 79.4 cm³/mol. The fourth-order valence-corrected chi connectivity index (χ4v) is 2.08. The van der Waals surface area contributed by atoms with Crippen molar-refractivity contribution >= 4 is 11.6 Å². The first-order chi connectivity index (χ1) is 9.19. The van der Waals surface area contributed by atoms with E-state index in [4.69, 9.17) is 22.1 Å². The van der Waals surface area contributed by atoms with Crippen molar-refractivity contribution in [1.29, 1.82) is 0 Å². The molecule has 2 nitrogen and oxygen atoms in total. The van der Waals surface area contributed by atoms with Gasteiger partial charge in [0.15, 0.2) is 0 Å². The molecule has 0 saturated carbocycles. The van der Waals surface area contributed by atoms with Gasteiger partial charge in [0.2, 0.25) is 0 Å². The van der Waals surface area contributed by atoms with Crippen LogP contribution in [0.5, 0.6) is 5.75 Å². The Morgan fingerprint density at radius 2 is 1.95 bits per heavy atom. The molecule has 0 aliphatic heterocycles. The number of hydrogen-bond donors (Lipinski definition) is 1. The van der Waals surface area contributed by atoms with E-state index in [0.717, 1.165) is 28.3 Å². The third kappa shape index (κ3) is 3.98. The average molecular weight is 276 g/mol. The van der Waals surface area contributed by atoms with Crippen LogP contribution in [0, 0.1) is 0 Å². The first-order valence-corrected chi connectivity index (χ1v) is 6.79. The van der Waals surface area contributed by atoms with Gasteiger partial charge in [-0.15, -0.1) is 0 Å². The average Bonchev–Trinajstić information content (AvgIpc) is 2.45. The highest BCUT2D eigenvalue weighted by Crippen LogP contribution is 2.21. The molecule has 100 valence electrons. The van der Waals surface area contributed by atoms with Crippen molar-refractivity contribution in [3.8, 4) is 5.75 Å². The maximum absolute atomic E-state index is 6.02. The fourth-order valence-electron chi connectivity index (χ4n) is 1.86. The summed E-state index contributed by atoms with van der Waals surface area (Å²) in [7, 11) is 0. The second-order valence-electron chi connectivity index (χ2n) is 4.51. The highest BCUT2D eigenvalue weighted by Gasteiger charge is 2.04. The molecule has 2 aromatic rings. The van der Waals surface area contributed by atoms with Gasteiger partial charge in [0, 0.05) is 11.1 Å². The molecule has 3 heteroatoms. The summed E-state index contributed by atoms with van der Waals surface area (Å²) < 4.78 is 5.77. The van der Waals surface area contributed by atoms with Gasteiger partial charge in [0.25, 0.3) is 0 Å². The highest BCUT2D eigenvalue weighted by molar-refractivity contribution is 6.30. The van der Waals surface area contributed by atoms with Gasteiger partial charge < -0.3 is 10.5 Å². The van der Waals surface area contributed by atoms with Crippen LogP contribution in [0.2, 0.25) is 5.02 Å². The van der Waals surface area contributed by atoms with Crippen LogP contribution in [0.25, 0.3) is 0 Å². The molecule has 1 unspecified atom stereocenters. The third-order valence-electron chi connectivity index (χ3n) is 3.02. The summed E-state index contributed by atoms with van der Waals surface area (Å²) in [4.78, 5) is 0. The minimum absolute atomic E-state index is 0.0646. The second kappa shape index (κ2) is 6.60. The van der Waals surface area contributed by atoms with E-state index in [-0.39, 0.29) is 6.04 Å². The van der Waals surface area contributed by atoms with E-state index in [9.17, 15) is 0 Å². The predicted octanol–water partition coefficient (Wildman–Crippen LogP) is 4.33. The summed E-state index contributed by atoms with van der Waals surface area (Å²) in [5.74, 6) is 0.835. The topological polar surface area (TPSA) is 35.2 Å². The van der Waals surface area contributed by atoms with Crippen LogP contribution >= 0.6 is 11.6 Å². The smallest absolute Gasteiger partial charge is 0.120 e. The summed E-state index contributed by atoms with van der Waals surface area (Å²) in [6.45, 7) is 2.58. The Morgan fingerprint density at radius 3 is 2.68 bits per heavy atom. The zero-order valence-electron chi connectivity index (χ0n) is 11.0. The number of rotatable bonds is 5. The minimum atomic E-state index is 0.0646. The van der Waals surface area contributed by atoms with Crippen molar-refractivity contribution in [2.75, 3.05) is 0 Å². The molecule has 0 bridgehead atoms. The Bertz CT molecular complexity index is 542. The van der Waals surface area contributed by atoms with Crippen LogP contribution in [0.1, 0.15) is 30.5 Å². The molecule has 2 N–H and O–H groups in total. The van der Waals surface area contributed by atoms with Gasteiger partial charge in [-0.1, -0.05) is 42.8 Å². The number of halogens is 1. The minimum Gasteiger partial charge on any atom is -0.489 e. The molecule has 2 aromatic carbocycles. The van der Waals surface area contributed by atoms with Crippen molar-refractivity contribution in [2.45, 2.75) is 26.0 Å². The normalized spacial score (nSPS) is 12.2. The summed E-state index contributed by atoms with van der Waals surface area (Å²) in [6.07, 6.45) is 0.914. The van der Waals surface area contributed by atoms with E-state index in [1.165, 1.54) is 0 Å². The SMILES string of the molecule is CCC(N)c1cccc(OCc2cccc(Cl)c2)c1. The van der Waals surface area contributed by atoms with E-state index in [1.54, 1.807) is 0 Å². The maximum atomic E-state index is 6.02. The lowest BCUT2D eigenvalue weighted by molar-refractivity contribution is 0.305. The van der Waals surface area contributed by atoms with Crippen molar-refractivity contribution in [1.82, 2.24) is 0 Å². The summed E-state index contributed by atoms with van der Waals surface area (Å²) in [5.41, 5.74) is 8.17. The Labute approximate surface area is 119 Å². The van der Waals surface area contributed by atoms with Crippen LogP contribution in [0.15, 0.2) is 48.5 Å². The molecular formula is C16H18ClNO. The molecule has 0 aliphatic rings. The van der Waals surface area contributed by atoms with Crippen LogP contribution < -0.4 is 10.5 Å². The number of benzene rings is 2. The quantitative estimate of drug-likeness (QED) is 0.881. The van der Waals surface area contributed by atoms with Crippen LogP contribution in [0.3, 0.4) is 0 Å². The Kier molecular flexibility index (Phi) is 4.83. The molecule has 0 saturated heterocycles. The molecule has 0 spiro atoms. The molecule has 0 radical (unpaired) electrons. The van der Waals surface area contributed by atoms with Crippen LogP contribution in [-0.4, -0.2) is 0 Å². The van der Waals surface area contributed by atoms with E-state index in [2.05, 4.69) is 6.92 Å². The monoisotopic (exact) mass is 275 g/mol. The lowest BCUT2D eigenvalue weighted by atomic mass is 10.1. The van der Waals surface area contributed by atoms with Crippen molar-refractivity contribution in [3.63, 3.8) is 0 Å². The number of nitrogens with two attached hydrogens (primary N) is 1. The molecule has 0 aromatic heterocycles.